The van der Waals surface area contributed by atoms with Gasteiger partial charge in [0.15, 0.2) is 0 Å². The summed E-state index contributed by atoms with van der Waals surface area (Å²) in [5.41, 5.74) is -4.32. The lowest BCUT2D eigenvalue weighted by molar-refractivity contribution is -0.0327. The van der Waals surface area contributed by atoms with Crippen LogP contribution in [0.2, 0.25) is 0 Å². The number of thioether (sulfide) groups is 1. The van der Waals surface area contributed by atoms with Crippen LogP contribution in [-0.4, -0.2) is 18.1 Å². The first-order valence-electron chi connectivity index (χ1n) is 3.95. The molecule has 0 unspecified atom stereocenters. The van der Waals surface area contributed by atoms with Crippen molar-refractivity contribution in [3.05, 3.63) is 17.0 Å². The Morgan fingerprint density at radius 1 is 1.53 bits per heavy atom. The average Bonchev–Trinajstić information content (AvgIpc) is 2.50. The Morgan fingerprint density at radius 3 is 2.73 bits per heavy atom. The van der Waals surface area contributed by atoms with E-state index >= 15 is 0 Å². The predicted molar refractivity (Wildman–Crippen MR) is 52.2 cm³/mol. The summed E-state index contributed by atoms with van der Waals surface area (Å²) < 4.78 is 40.5. The first kappa shape index (κ1) is 12.4. The molecular weight excluding hydrogens is 249 g/mol. The molecule has 1 heterocycles. The van der Waals surface area contributed by atoms with Gasteiger partial charge in [-0.2, -0.15) is 13.2 Å². The van der Waals surface area contributed by atoms with Crippen molar-refractivity contribution in [2.24, 2.45) is 0 Å². The van der Waals surface area contributed by atoms with Crippen LogP contribution in [0.15, 0.2) is 16.3 Å². The number of hydrogen-bond donors (Lipinski definition) is 0. The molecule has 84 valence electrons. The minimum absolute atomic E-state index is 0.0329. The smallest absolute Gasteiger partial charge is 0.447 e. The summed E-state index contributed by atoms with van der Waals surface area (Å²) in [7, 11) is 0. The van der Waals surface area contributed by atoms with Gasteiger partial charge in [0, 0.05) is 0 Å². The summed E-state index contributed by atoms with van der Waals surface area (Å²) in [5.74, 6) is -0.587. The van der Waals surface area contributed by atoms with E-state index < -0.39 is 11.5 Å². The second-order valence-corrected chi connectivity index (χ2v) is 4.84. The van der Waals surface area contributed by atoms with Gasteiger partial charge in [-0.25, -0.2) is 4.79 Å². The number of hydrogen-bond acceptors (Lipinski definition) is 4. The molecule has 0 atom stereocenters. The number of carbonyl (C=O) groups excluding carboxylic acids is 1. The van der Waals surface area contributed by atoms with Gasteiger partial charge in [-0.05, 0) is 30.8 Å². The van der Waals surface area contributed by atoms with E-state index in [1.807, 2.05) is 0 Å². The zero-order valence-corrected chi connectivity index (χ0v) is 9.26. The number of thiophene rings is 1. The van der Waals surface area contributed by atoms with Crippen molar-refractivity contribution in [2.75, 3.05) is 6.61 Å². The summed E-state index contributed by atoms with van der Waals surface area (Å²) in [6, 6.07) is 2.59. The molecule has 2 nitrogen and oxygen atoms in total. The van der Waals surface area contributed by atoms with Crippen LogP contribution in [0.3, 0.4) is 0 Å². The molecule has 0 fully saturated rings. The van der Waals surface area contributed by atoms with Gasteiger partial charge in [0.05, 0.1) is 10.8 Å². The van der Waals surface area contributed by atoms with E-state index in [4.69, 9.17) is 0 Å². The van der Waals surface area contributed by atoms with Gasteiger partial charge in [0.2, 0.25) is 0 Å². The Morgan fingerprint density at radius 2 is 2.20 bits per heavy atom. The number of alkyl halides is 3. The van der Waals surface area contributed by atoms with Gasteiger partial charge >= 0.3 is 11.5 Å². The predicted octanol–water partition coefficient (Wildman–Crippen LogP) is 3.54. The summed E-state index contributed by atoms with van der Waals surface area (Å²) in [4.78, 5) is 11.3. The molecule has 1 aromatic heterocycles. The third-order valence-corrected chi connectivity index (χ3v) is 3.20. The summed E-state index contributed by atoms with van der Waals surface area (Å²) >= 11 is 0.544. The molecular formula is C8H7F3O2S2. The fraction of sp³-hybridized carbons (Fsp3) is 0.375. The third kappa shape index (κ3) is 4.13. The fourth-order valence-corrected chi connectivity index (χ4v) is 2.52. The van der Waals surface area contributed by atoms with Crippen LogP contribution in [0.25, 0.3) is 0 Å². The highest BCUT2D eigenvalue weighted by Crippen LogP contribution is 2.40. The highest BCUT2D eigenvalue weighted by Gasteiger charge is 2.30. The van der Waals surface area contributed by atoms with Crippen molar-refractivity contribution >= 4 is 29.1 Å². The zero-order chi connectivity index (χ0) is 11.5. The summed E-state index contributed by atoms with van der Waals surface area (Å²) in [6.45, 7) is 1.84. The maximum atomic E-state index is 12.0. The van der Waals surface area contributed by atoms with Crippen molar-refractivity contribution < 1.29 is 22.7 Å². The van der Waals surface area contributed by atoms with Crippen LogP contribution in [0.1, 0.15) is 16.6 Å². The lowest BCUT2D eigenvalue weighted by Crippen LogP contribution is -2.01. The quantitative estimate of drug-likeness (QED) is 0.611. The van der Waals surface area contributed by atoms with Crippen molar-refractivity contribution in [1.29, 1.82) is 0 Å². The molecule has 1 aromatic rings. The van der Waals surface area contributed by atoms with E-state index in [2.05, 4.69) is 4.74 Å². The van der Waals surface area contributed by atoms with Crippen molar-refractivity contribution in [2.45, 2.75) is 16.6 Å². The number of halogens is 3. The lowest BCUT2D eigenvalue weighted by atomic mass is 10.5. The molecule has 0 aliphatic rings. The molecule has 15 heavy (non-hydrogen) atoms. The summed E-state index contributed by atoms with van der Waals surface area (Å²) in [6.07, 6.45) is 0. The van der Waals surface area contributed by atoms with Gasteiger partial charge in [0.25, 0.3) is 0 Å². The average molecular weight is 256 g/mol. The van der Waals surface area contributed by atoms with E-state index in [-0.39, 0.29) is 27.5 Å². The Hall–Kier alpha value is -0.690. The van der Waals surface area contributed by atoms with E-state index in [0.717, 1.165) is 11.3 Å². The van der Waals surface area contributed by atoms with E-state index in [1.165, 1.54) is 12.1 Å². The maximum Gasteiger partial charge on any atom is 0.447 e. The first-order chi connectivity index (χ1) is 6.92. The Kier molecular flexibility index (Phi) is 4.04. The first-order valence-corrected chi connectivity index (χ1v) is 5.58. The molecule has 0 aliphatic heterocycles. The largest absolute Gasteiger partial charge is 0.462 e. The van der Waals surface area contributed by atoms with Crippen LogP contribution in [0, 0.1) is 0 Å². The second kappa shape index (κ2) is 4.89. The van der Waals surface area contributed by atoms with E-state index in [0.29, 0.717) is 0 Å². The highest BCUT2D eigenvalue weighted by molar-refractivity contribution is 8.02. The molecule has 0 spiro atoms. The molecule has 0 radical (unpaired) electrons. The van der Waals surface area contributed by atoms with Crippen LogP contribution in [0.5, 0.6) is 0 Å². The van der Waals surface area contributed by atoms with Gasteiger partial charge in [-0.3, -0.25) is 0 Å². The molecule has 0 saturated heterocycles. The molecule has 7 heteroatoms. The molecule has 1 rings (SSSR count). The van der Waals surface area contributed by atoms with Gasteiger partial charge < -0.3 is 4.74 Å². The second-order valence-electron chi connectivity index (χ2n) is 2.39. The normalized spacial score (nSPS) is 11.5. The zero-order valence-electron chi connectivity index (χ0n) is 7.63. The molecule has 0 saturated carbocycles. The fourth-order valence-electron chi connectivity index (χ4n) is 0.801. The molecule has 0 bridgehead atoms. The lowest BCUT2D eigenvalue weighted by Gasteiger charge is -2.01. The van der Waals surface area contributed by atoms with Crippen LogP contribution >= 0.6 is 23.1 Å². The third-order valence-electron chi connectivity index (χ3n) is 1.27. The van der Waals surface area contributed by atoms with Crippen LogP contribution < -0.4 is 0 Å². The SMILES string of the molecule is CCOC(=O)c1ccc(SC(F)(F)F)s1. The highest BCUT2D eigenvalue weighted by atomic mass is 32.2. The number of rotatable bonds is 3. The van der Waals surface area contributed by atoms with Crippen LogP contribution in [-0.2, 0) is 4.74 Å². The van der Waals surface area contributed by atoms with Gasteiger partial charge in [-0.1, -0.05) is 0 Å². The van der Waals surface area contributed by atoms with Gasteiger partial charge in [0.1, 0.15) is 4.88 Å². The Balaban J connectivity index is 2.68. The van der Waals surface area contributed by atoms with E-state index in [1.54, 1.807) is 6.92 Å². The van der Waals surface area contributed by atoms with E-state index in [9.17, 15) is 18.0 Å². The van der Waals surface area contributed by atoms with Gasteiger partial charge in [-0.15, -0.1) is 11.3 Å². The molecule has 0 aliphatic carbocycles. The van der Waals surface area contributed by atoms with Crippen LogP contribution in [0.4, 0.5) is 13.2 Å². The molecule has 0 aromatic carbocycles. The standard InChI is InChI=1S/C8H7F3O2S2/c1-2-13-7(12)5-3-4-6(14-5)15-8(9,10)11/h3-4H,2H2,1H3. The van der Waals surface area contributed by atoms with Crippen molar-refractivity contribution in [3.63, 3.8) is 0 Å². The number of ether oxygens (including phenoxy) is 1. The topological polar surface area (TPSA) is 26.3 Å². The number of carbonyl (C=O) groups is 1. The maximum absolute atomic E-state index is 12.0. The molecule has 0 amide bonds. The van der Waals surface area contributed by atoms with Crippen molar-refractivity contribution in [3.8, 4) is 0 Å². The minimum Gasteiger partial charge on any atom is -0.462 e. The van der Waals surface area contributed by atoms with Crippen molar-refractivity contribution in [1.82, 2.24) is 0 Å². The Bertz CT molecular complexity index is 346. The monoisotopic (exact) mass is 256 g/mol. The molecule has 0 N–H and O–H groups in total. The Labute approximate surface area is 92.4 Å². The summed E-state index contributed by atoms with van der Waals surface area (Å²) in [5, 5.41) is 0. The number of esters is 1. The minimum atomic E-state index is -4.32.